The third-order valence-electron chi connectivity index (χ3n) is 4.61. The Labute approximate surface area is 192 Å². The molecular formula is C23H15ClN2O5S. The molecule has 0 N–H and O–H groups in total. The number of non-ortho nitro benzene ring substituents is 1. The van der Waals surface area contributed by atoms with Gasteiger partial charge >= 0.3 is 0 Å². The van der Waals surface area contributed by atoms with E-state index in [1.54, 1.807) is 66.7 Å². The Bertz CT molecular complexity index is 1240. The van der Waals surface area contributed by atoms with Crippen molar-refractivity contribution >= 4 is 52.0 Å². The molecule has 9 heteroatoms. The maximum absolute atomic E-state index is 12.9. The molecule has 3 aromatic carbocycles. The summed E-state index contributed by atoms with van der Waals surface area (Å²) in [4.78, 5) is 37.0. The second-order valence-corrected chi connectivity index (χ2v) is 8.18. The Morgan fingerprint density at radius 2 is 1.78 bits per heavy atom. The number of nitro groups is 1. The van der Waals surface area contributed by atoms with Gasteiger partial charge < -0.3 is 4.74 Å². The van der Waals surface area contributed by atoms with Crippen LogP contribution in [0.15, 0.2) is 77.7 Å². The minimum Gasteiger partial charge on any atom is -0.488 e. The molecule has 4 rings (SSSR count). The Hall–Kier alpha value is -3.62. The number of carbonyl (C=O) groups is 2. The molecule has 1 aliphatic rings. The van der Waals surface area contributed by atoms with E-state index in [4.69, 9.17) is 16.3 Å². The average Bonchev–Trinajstić information content (AvgIpc) is 3.06. The number of hydrogen-bond acceptors (Lipinski definition) is 6. The zero-order valence-electron chi connectivity index (χ0n) is 16.4. The minimum atomic E-state index is -0.462. The molecule has 0 radical (unpaired) electrons. The number of benzene rings is 3. The lowest BCUT2D eigenvalue weighted by Gasteiger charge is -2.12. The van der Waals surface area contributed by atoms with Crippen LogP contribution in [0.25, 0.3) is 6.08 Å². The summed E-state index contributed by atoms with van der Waals surface area (Å²) in [5.74, 6) is 0.0767. The summed E-state index contributed by atoms with van der Waals surface area (Å²) in [6, 6.07) is 19.7. The highest BCUT2D eigenvalue weighted by Gasteiger charge is 2.36. The summed E-state index contributed by atoms with van der Waals surface area (Å²) in [5.41, 5.74) is 1.80. The number of carbonyl (C=O) groups excluding carboxylic acids is 2. The zero-order valence-corrected chi connectivity index (χ0v) is 18.0. The molecule has 3 aromatic rings. The van der Waals surface area contributed by atoms with Crippen LogP contribution in [0, 0.1) is 10.1 Å². The Morgan fingerprint density at radius 3 is 2.50 bits per heavy atom. The van der Waals surface area contributed by atoms with Gasteiger partial charge in [0.05, 0.1) is 15.5 Å². The summed E-state index contributed by atoms with van der Waals surface area (Å²) in [7, 11) is 0. The normalized spacial score (nSPS) is 14.8. The van der Waals surface area contributed by atoms with Crippen LogP contribution >= 0.6 is 23.4 Å². The first-order chi connectivity index (χ1) is 15.4. The number of halogens is 1. The number of anilines is 1. The number of nitrogens with zero attached hydrogens (tertiary/aromatic N) is 2. The third kappa shape index (κ3) is 4.66. The monoisotopic (exact) mass is 466 g/mol. The predicted octanol–water partition coefficient (Wildman–Crippen LogP) is 6.07. The third-order valence-corrected chi connectivity index (χ3v) is 5.71. The van der Waals surface area contributed by atoms with Gasteiger partial charge in [0.1, 0.15) is 12.4 Å². The van der Waals surface area contributed by atoms with Crippen molar-refractivity contribution in [3.63, 3.8) is 0 Å². The van der Waals surface area contributed by atoms with Crippen LogP contribution in [0.5, 0.6) is 5.75 Å². The van der Waals surface area contributed by atoms with Crippen molar-refractivity contribution < 1.29 is 19.2 Å². The zero-order chi connectivity index (χ0) is 22.7. The highest BCUT2D eigenvalue weighted by atomic mass is 35.5. The maximum atomic E-state index is 12.9. The topological polar surface area (TPSA) is 89.7 Å². The number of rotatable bonds is 6. The van der Waals surface area contributed by atoms with E-state index in [2.05, 4.69) is 0 Å². The fourth-order valence-corrected chi connectivity index (χ4v) is 4.07. The van der Waals surface area contributed by atoms with E-state index in [0.717, 1.165) is 22.2 Å². The van der Waals surface area contributed by atoms with Crippen molar-refractivity contribution in [2.24, 2.45) is 0 Å². The first-order valence-corrected chi connectivity index (χ1v) is 10.6. The summed E-state index contributed by atoms with van der Waals surface area (Å²) < 4.78 is 5.87. The largest absolute Gasteiger partial charge is 0.488 e. The summed E-state index contributed by atoms with van der Waals surface area (Å²) in [6.45, 7) is 0.187. The summed E-state index contributed by atoms with van der Waals surface area (Å²) >= 11 is 6.84. The molecule has 160 valence electrons. The Balaban J connectivity index is 1.54. The standard InChI is InChI=1S/C23H15ClN2O5S/c24-17-5-3-6-19(13-17)25-22(27)21(32-23(25)28)12-16-4-1-2-7-20(16)31-14-15-8-10-18(11-9-15)26(29)30/h1-13H,14H2/b21-12-. The number of nitro benzene ring substituents is 1. The fraction of sp³-hybridized carbons (Fsp3) is 0.0435. The molecule has 0 aliphatic carbocycles. The molecule has 0 atom stereocenters. The lowest BCUT2D eigenvalue weighted by Crippen LogP contribution is -2.27. The Morgan fingerprint density at radius 1 is 1.03 bits per heavy atom. The lowest BCUT2D eigenvalue weighted by molar-refractivity contribution is -0.384. The Kier molecular flexibility index (Phi) is 6.25. The highest BCUT2D eigenvalue weighted by Crippen LogP contribution is 2.37. The molecule has 1 heterocycles. The van der Waals surface area contributed by atoms with Gasteiger partial charge in [-0.2, -0.15) is 0 Å². The molecule has 0 bridgehead atoms. The van der Waals surface area contributed by atoms with Gasteiger partial charge in [0.15, 0.2) is 0 Å². The van der Waals surface area contributed by atoms with E-state index >= 15 is 0 Å². The van der Waals surface area contributed by atoms with Gasteiger partial charge in [0.25, 0.3) is 16.8 Å². The molecule has 1 saturated heterocycles. The van der Waals surface area contributed by atoms with E-state index in [-0.39, 0.29) is 17.2 Å². The number of amides is 2. The van der Waals surface area contributed by atoms with Crippen molar-refractivity contribution in [1.29, 1.82) is 0 Å². The molecule has 0 saturated carbocycles. The maximum Gasteiger partial charge on any atom is 0.298 e. The quantitative estimate of drug-likeness (QED) is 0.249. The smallest absolute Gasteiger partial charge is 0.298 e. The number of para-hydroxylation sites is 1. The predicted molar refractivity (Wildman–Crippen MR) is 124 cm³/mol. The molecule has 0 aromatic heterocycles. The first-order valence-electron chi connectivity index (χ1n) is 9.41. The van der Waals surface area contributed by atoms with Gasteiger partial charge in [-0.1, -0.05) is 35.9 Å². The first kappa shape index (κ1) is 21.6. The van der Waals surface area contributed by atoms with Crippen LogP contribution in [0.3, 0.4) is 0 Å². The van der Waals surface area contributed by atoms with Crippen LogP contribution < -0.4 is 9.64 Å². The van der Waals surface area contributed by atoms with Crippen LogP contribution in [0.4, 0.5) is 16.2 Å². The van der Waals surface area contributed by atoms with Crippen molar-refractivity contribution in [1.82, 2.24) is 0 Å². The van der Waals surface area contributed by atoms with Gasteiger partial charge in [0.2, 0.25) is 0 Å². The molecule has 7 nitrogen and oxygen atoms in total. The van der Waals surface area contributed by atoms with E-state index < -0.39 is 16.1 Å². The van der Waals surface area contributed by atoms with Crippen molar-refractivity contribution in [3.05, 3.63) is 104 Å². The number of hydrogen-bond donors (Lipinski definition) is 0. The van der Waals surface area contributed by atoms with Crippen molar-refractivity contribution in [2.75, 3.05) is 4.90 Å². The minimum absolute atomic E-state index is 0.00424. The van der Waals surface area contributed by atoms with Gasteiger partial charge in [0, 0.05) is 22.7 Å². The van der Waals surface area contributed by atoms with Gasteiger partial charge in [-0.05, 0) is 59.8 Å². The molecule has 32 heavy (non-hydrogen) atoms. The number of thioether (sulfide) groups is 1. The van der Waals surface area contributed by atoms with Gasteiger partial charge in [-0.3, -0.25) is 19.7 Å². The second-order valence-electron chi connectivity index (χ2n) is 6.75. The van der Waals surface area contributed by atoms with Crippen LogP contribution in [-0.2, 0) is 11.4 Å². The highest BCUT2D eigenvalue weighted by molar-refractivity contribution is 8.19. The average molecular weight is 467 g/mol. The number of ether oxygens (including phenoxy) is 1. The van der Waals surface area contributed by atoms with E-state index in [0.29, 0.717) is 22.0 Å². The van der Waals surface area contributed by atoms with Crippen LogP contribution in [-0.4, -0.2) is 16.1 Å². The molecular weight excluding hydrogens is 452 g/mol. The van der Waals surface area contributed by atoms with E-state index in [1.165, 1.54) is 12.1 Å². The van der Waals surface area contributed by atoms with Crippen LogP contribution in [0.1, 0.15) is 11.1 Å². The number of imide groups is 1. The van der Waals surface area contributed by atoms with E-state index in [9.17, 15) is 19.7 Å². The van der Waals surface area contributed by atoms with Gasteiger partial charge in [-0.25, -0.2) is 4.90 Å². The lowest BCUT2D eigenvalue weighted by atomic mass is 10.1. The van der Waals surface area contributed by atoms with E-state index in [1.807, 2.05) is 0 Å². The summed E-state index contributed by atoms with van der Waals surface area (Å²) in [6.07, 6.45) is 1.61. The molecule has 1 fully saturated rings. The van der Waals surface area contributed by atoms with Crippen LogP contribution in [0.2, 0.25) is 5.02 Å². The van der Waals surface area contributed by atoms with Crippen molar-refractivity contribution in [2.45, 2.75) is 6.61 Å². The van der Waals surface area contributed by atoms with Gasteiger partial charge in [-0.15, -0.1) is 0 Å². The molecule has 0 spiro atoms. The summed E-state index contributed by atoms with van der Waals surface area (Å²) in [5, 5.41) is 10.8. The molecule has 1 aliphatic heterocycles. The van der Waals surface area contributed by atoms with Crippen molar-refractivity contribution in [3.8, 4) is 5.75 Å². The fourth-order valence-electron chi connectivity index (χ4n) is 3.05. The second kappa shape index (κ2) is 9.25. The molecule has 0 unspecified atom stereocenters. The SMILES string of the molecule is O=C1S/C(=C\c2ccccc2OCc2ccc([N+](=O)[O-])cc2)C(=O)N1c1cccc(Cl)c1. The molecule has 2 amide bonds.